The number of aromatic nitrogens is 2. The van der Waals surface area contributed by atoms with Crippen molar-refractivity contribution in [1.82, 2.24) is 14.9 Å². The van der Waals surface area contributed by atoms with Gasteiger partial charge in [-0.1, -0.05) is 23.7 Å². The third-order valence-electron chi connectivity index (χ3n) is 2.86. The maximum Gasteiger partial charge on any atom is 0.122 e. The summed E-state index contributed by atoms with van der Waals surface area (Å²) in [4.78, 5) is 4.27. The number of imidazole rings is 1. The number of halogens is 1. The van der Waals surface area contributed by atoms with Crippen LogP contribution in [0, 0.1) is 0 Å². The van der Waals surface area contributed by atoms with Gasteiger partial charge in [0.05, 0.1) is 6.54 Å². The largest absolute Gasteiger partial charge is 0.337 e. The summed E-state index contributed by atoms with van der Waals surface area (Å²) in [5.74, 6) is 1.03. The van der Waals surface area contributed by atoms with Crippen molar-refractivity contribution < 1.29 is 0 Å². The maximum absolute atomic E-state index is 5.86. The lowest BCUT2D eigenvalue weighted by Crippen LogP contribution is -2.20. The van der Waals surface area contributed by atoms with E-state index in [1.807, 2.05) is 48.3 Å². The minimum Gasteiger partial charge on any atom is -0.337 e. The number of nitrogens with one attached hydrogen (secondary N) is 1. The molecule has 0 aliphatic carbocycles. The number of aryl methyl sites for hydroxylation is 1. The molecule has 1 aromatic heterocycles. The van der Waals surface area contributed by atoms with E-state index in [1.54, 1.807) is 0 Å². The van der Waals surface area contributed by atoms with Crippen LogP contribution in [0.3, 0.4) is 0 Å². The van der Waals surface area contributed by atoms with E-state index in [0.29, 0.717) is 0 Å². The molecular weight excluding hydrogens is 234 g/mol. The van der Waals surface area contributed by atoms with Crippen LogP contribution in [0.5, 0.6) is 0 Å². The Morgan fingerprint density at radius 2 is 2.06 bits per heavy atom. The van der Waals surface area contributed by atoms with Crippen LogP contribution in [-0.4, -0.2) is 9.55 Å². The first-order valence-electron chi connectivity index (χ1n) is 5.62. The van der Waals surface area contributed by atoms with E-state index >= 15 is 0 Å². The molecule has 0 amide bonds. The second-order valence-electron chi connectivity index (χ2n) is 4.11. The van der Waals surface area contributed by atoms with Crippen molar-refractivity contribution in [1.29, 1.82) is 0 Å². The summed E-state index contributed by atoms with van der Waals surface area (Å²) in [7, 11) is 2.00. The molecule has 90 valence electrons. The average molecular weight is 250 g/mol. The molecule has 3 nitrogen and oxygen atoms in total. The molecule has 2 aromatic rings. The number of nitrogens with zero attached hydrogens (tertiary/aromatic N) is 2. The van der Waals surface area contributed by atoms with Gasteiger partial charge in [-0.2, -0.15) is 0 Å². The third kappa shape index (κ3) is 3.08. The lowest BCUT2D eigenvalue weighted by atomic mass is 10.1. The Morgan fingerprint density at radius 1 is 1.35 bits per heavy atom. The molecule has 1 heterocycles. The fourth-order valence-electron chi connectivity index (χ4n) is 1.68. The van der Waals surface area contributed by atoms with Gasteiger partial charge in [0.2, 0.25) is 0 Å². The van der Waals surface area contributed by atoms with Crippen LogP contribution in [0.15, 0.2) is 36.7 Å². The first kappa shape index (κ1) is 12.1. The van der Waals surface area contributed by atoms with Gasteiger partial charge in [0.15, 0.2) is 0 Å². The second-order valence-corrected chi connectivity index (χ2v) is 4.54. The van der Waals surface area contributed by atoms with Gasteiger partial charge in [-0.25, -0.2) is 4.98 Å². The van der Waals surface area contributed by atoms with Gasteiger partial charge in [-0.3, -0.25) is 0 Å². The Bertz CT molecular complexity index is 476. The van der Waals surface area contributed by atoms with Gasteiger partial charge >= 0.3 is 0 Å². The Kier molecular flexibility index (Phi) is 3.82. The van der Waals surface area contributed by atoms with Gasteiger partial charge < -0.3 is 9.88 Å². The second kappa shape index (κ2) is 5.34. The predicted octanol–water partition coefficient (Wildman–Crippen LogP) is 2.92. The van der Waals surface area contributed by atoms with Crippen LogP contribution in [0.2, 0.25) is 5.02 Å². The van der Waals surface area contributed by atoms with Crippen molar-refractivity contribution >= 4 is 11.6 Å². The molecule has 0 bridgehead atoms. The van der Waals surface area contributed by atoms with E-state index in [2.05, 4.69) is 17.2 Å². The highest BCUT2D eigenvalue weighted by molar-refractivity contribution is 6.30. The molecule has 0 saturated heterocycles. The highest BCUT2D eigenvalue weighted by Crippen LogP contribution is 2.16. The van der Waals surface area contributed by atoms with Crippen LogP contribution in [0.4, 0.5) is 0 Å². The fraction of sp³-hybridized carbons (Fsp3) is 0.308. The van der Waals surface area contributed by atoms with E-state index < -0.39 is 0 Å². The van der Waals surface area contributed by atoms with Gasteiger partial charge in [-0.15, -0.1) is 0 Å². The van der Waals surface area contributed by atoms with Crippen molar-refractivity contribution in [2.75, 3.05) is 0 Å². The molecule has 1 N–H and O–H groups in total. The molecular formula is C13H16ClN3. The molecule has 0 radical (unpaired) electrons. The normalized spacial score (nSPS) is 12.6. The van der Waals surface area contributed by atoms with Crippen molar-refractivity contribution in [2.45, 2.75) is 19.5 Å². The average Bonchev–Trinajstić information content (AvgIpc) is 2.73. The first-order chi connectivity index (χ1) is 8.16. The SMILES string of the molecule is C[C@@H](NCc1nccn1C)c1ccc(Cl)cc1. The van der Waals surface area contributed by atoms with E-state index in [0.717, 1.165) is 17.4 Å². The first-order valence-corrected chi connectivity index (χ1v) is 5.99. The molecule has 0 saturated carbocycles. The summed E-state index contributed by atoms with van der Waals surface area (Å²) in [5.41, 5.74) is 1.23. The molecule has 4 heteroatoms. The van der Waals surface area contributed by atoms with Crippen molar-refractivity contribution in [2.24, 2.45) is 7.05 Å². The lowest BCUT2D eigenvalue weighted by molar-refractivity contribution is 0.549. The summed E-state index contributed by atoms with van der Waals surface area (Å²) in [6.07, 6.45) is 3.76. The van der Waals surface area contributed by atoms with Crippen LogP contribution in [0.1, 0.15) is 24.4 Å². The standard InChI is InChI=1S/C13H16ClN3/c1-10(11-3-5-12(14)6-4-11)16-9-13-15-7-8-17(13)2/h3-8,10,16H,9H2,1-2H3/t10-/m1/s1. The molecule has 17 heavy (non-hydrogen) atoms. The molecule has 1 atom stereocenters. The lowest BCUT2D eigenvalue weighted by Gasteiger charge is -2.14. The molecule has 0 fully saturated rings. The molecule has 2 rings (SSSR count). The van der Waals surface area contributed by atoms with Crippen LogP contribution in [-0.2, 0) is 13.6 Å². The smallest absolute Gasteiger partial charge is 0.122 e. The topological polar surface area (TPSA) is 29.9 Å². The number of benzene rings is 1. The molecule has 0 unspecified atom stereocenters. The Hall–Kier alpha value is -1.32. The van der Waals surface area contributed by atoms with Gasteiger partial charge in [0.25, 0.3) is 0 Å². The fourth-order valence-corrected chi connectivity index (χ4v) is 1.81. The number of hydrogen-bond acceptors (Lipinski definition) is 2. The Morgan fingerprint density at radius 3 is 2.65 bits per heavy atom. The van der Waals surface area contributed by atoms with Gasteiger partial charge in [0, 0.05) is 30.5 Å². The number of hydrogen-bond donors (Lipinski definition) is 1. The summed E-state index contributed by atoms with van der Waals surface area (Å²) in [6.45, 7) is 2.89. The van der Waals surface area contributed by atoms with E-state index in [-0.39, 0.29) is 6.04 Å². The van der Waals surface area contributed by atoms with E-state index in [4.69, 9.17) is 11.6 Å². The summed E-state index contributed by atoms with van der Waals surface area (Å²) in [6, 6.07) is 8.19. The van der Waals surface area contributed by atoms with Crippen LogP contribution in [0.25, 0.3) is 0 Å². The minimum atomic E-state index is 0.281. The van der Waals surface area contributed by atoms with Crippen molar-refractivity contribution in [3.05, 3.63) is 53.1 Å². The van der Waals surface area contributed by atoms with E-state index in [1.165, 1.54) is 5.56 Å². The van der Waals surface area contributed by atoms with Crippen molar-refractivity contribution in [3.63, 3.8) is 0 Å². The van der Waals surface area contributed by atoms with Gasteiger partial charge in [0.1, 0.15) is 5.82 Å². The van der Waals surface area contributed by atoms with Crippen LogP contribution >= 0.6 is 11.6 Å². The molecule has 1 aromatic carbocycles. The maximum atomic E-state index is 5.86. The minimum absolute atomic E-state index is 0.281. The summed E-state index contributed by atoms with van der Waals surface area (Å²) >= 11 is 5.86. The van der Waals surface area contributed by atoms with E-state index in [9.17, 15) is 0 Å². The molecule has 0 aliphatic rings. The highest BCUT2D eigenvalue weighted by atomic mass is 35.5. The molecule has 0 spiro atoms. The zero-order chi connectivity index (χ0) is 12.3. The van der Waals surface area contributed by atoms with Gasteiger partial charge in [-0.05, 0) is 24.6 Å². The summed E-state index contributed by atoms with van der Waals surface area (Å²) < 4.78 is 2.02. The Balaban J connectivity index is 1.95. The summed E-state index contributed by atoms with van der Waals surface area (Å²) in [5, 5.41) is 4.20. The molecule has 0 aliphatic heterocycles. The number of rotatable bonds is 4. The van der Waals surface area contributed by atoms with Crippen LogP contribution < -0.4 is 5.32 Å². The highest BCUT2D eigenvalue weighted by Gasteiger charge is 2.06. The third-order valence-corrected chi connectivity index (χ3v) is 3.11. The predicted molar refractivity (Wildman–Crippen MR) is 69.9 cm³/mol. The zero-order valence-electron chi connectivity index (χ0n) is 10.0. The Labute approximate surface area is 106 Å². The zero-order valence-corrected chi connectivity index (χ0v) is 10.8. The monoisotopic (exact) mass is 249 g/mol. The van der Waals surface area contributed by atoms with Crippen molar-refractivity contribution in [3.8, 4) is 0 Å². The quantitative estimate of drug-likeness (QED) is 0.903.